The third-order valence-electron chi connectivity index (χ3n) is 3.45. The van der Waals surface area contributed by atoms with Crippen LogP contribution in [0.3, 0.4) is 0 Å². The van der Waals surface area contributed by atoms with Gasteiger partial charge in [0, 0.05) is 13.7 Å². The third kappa shape index (κ3) is 3.57. The van der Waals surface area contributed by atoms with Gasteiger partial charge in [0.25, 0.3) is 0 Å². The smallest absolute Gasteiger partial charge is 0.315 e. The lowest BCUT2D eigenvalue weighted by molar-refractivity contribution is -0.143. The van der Waals surface area contributed by atoms with Crippen molar-refractivity contribution in [2.24, 2.45) is 0 Å². The zero-order valence-corrected chi connectivity index (χ0v) is 12.1. The number of methoxy groups -OCH3 is 1. The Labute approximate surface area is 118 Å². The van der Waals surface area contributed by atoms with E-state index in [-0.39, 0.29) is 12.5 Å². The monoisotopic (exact) mass is 279 g/mol. The van der Waals surface area contributed by atoms with Gasteiger partial charge in [-0.1, -0.05) is 37.3 Å². The molecular weight excluding hydrogens is 258 g/mol. The summed E-state index contributed by atoms with van der Waals surface area (Å²) in [5.41, 5.74) is -0.513. The normalized spacial score (nSPS) is 15.2. The van der Waals surface area contributed by atoms with Crippen molar-refractivity contribution in [3.63, 3.8) is 0 Å². The Bertz CT molecular complexity index is 456. The number of nitrogens with one attached hydrogen (secondary N) is 1. The summed E-state index contributed by atoms with van der Waals surface area (Å²) >= 11 is 0. The van der Waals surface area contributed by atoms with Gasteiger partial charge in [-0.3, -0.25) is 9.59 Å². The Hall–Kier alpha value is -1.88. The van der Waals surface area contributed by atoms with Crippen LogP contribution in [0.2, 0.25) is 0 Å². The highest BCUT2D eigenvalue weighted by molar-refractivity contribution is 5.84. The fourth-order valence-corrected chi connectivity index (χ4v) is 1.94. The summed E-state index contributed by atoms with van der Waals surface area (Å²) in [5.74, 6) is -1.27. The lowest BCUT2D eigenvalue weighted by Crippen LogP contribution is -2.47. The van der Waals surface area contributed by atoms with Crippen LogP contribution in [0.1, 0.15) is 25.8 Å². The van der Waals surface area contributed by atoms with E-state index < -0.39 is 17.5 Å². The van der Waals surface area contributed by atoms with Crippen LogP contribution in [0.4, 0.5) is 0 Å². The molecule has 1 rings (SSSR count). The molecule has 0 aliphatic rings. The van der Waals surface area contributed by atoms with Gasteiger partial charge in [-0.2, -0.15) is 0 Å². The highest BCUT2D eigenvalue weighted by Gasteiger charge is 2.36. The van der Waals surface area contributed by atoms with E-state index in [2.05, 4.69) is 5.32 Å². The summed E-state index contributed by atoms with van der Waals surface area (Å²) in [5, 5.41) is 12.1. The second-order valence-electron chi connectivity index (χ2n) is 4.85. The first kappa shape index (κ1) is 16.2. The molecule has 0 heterocycles. The fraction of sp³-hybridized carbons (Fsp3) is 0.467. The molecule has 0 fully saturated rings. The van der Waals surface area contributed by atoms with Gasteiger partial charge in [-0.15, -0.1) is 0 Å². The van der Waals surface area contributed by atoms with Crippen LogP contribution >= 0.6 is 0 Å². The Morgan fingerprint density at radius 3 is 2.40 bits per heavy atom. The van der Waals surface area contributed by atoms with Crippen molar-refractivity contribution in [2.45, 2.75) is 31.8 Å². The van der Waals surface area contributed by atoms with Crippen molar-refractivity contribution in [2.75, 3.05) is 13.7 Å². The van der Waals surface area contributed by atoms with E-state index in [1.807, 2.05) is 13.0 Å². The predicted octanol–water partition coefficient (Wildman–Crippen LogP) is 1.57. The molecule has 1 amide bonds. The average Bonchev–Trinajstić information content (AvgIpc) is 2.46. The molecule has 1 aromatic rings. The number of aliphatic carboxylic acids is 1. The topological polar surface area (TPSA) is 75.6 Å². The molecule has 2 atom stereocenters. The molecule has 0 saturated heterocycles. The molecule has 5 nitrogen and oxygen atoms in total. The van der Waals surface area contributed by atoms with E-state index in [1.54, 1.807) is 31.2 Å². The number of amides is 1. The van der Waals surface area contributed by atoms with Crippen LogP contribution in [-0.2, 0) is 19.7 Å². The van der Waals surface area contributed by atoms with Crippen LogP contribution in [0.5, 0.6) is 0 Å². The zero-order chi connectivity index (χ0) is 15.2. The first-order valence-corrected chi connectivity index (χ1v) is 6.55. The molecule has 0 aromatic heterocycles. The number of ether oxygens (including phenoxy) is 1. The van der Waals surface area contributed by atoms with Gasteiger partial charge in [0.2, 0.25) is 5.91 Å². The Kier molecular flexibility index (Phi) is 5.70. The van der Waals surface area contributed by atoms with Gasteiger partial charge in [-0.25, -0.2) is 0 Å². The van der Waals surface area contributed by atoms with Gasteiger partial charge in [0.15, 0.2) is 0 Å². The first-order chi connectivity index (χ1) is 9.45. The lowest BCUT2D eigenvalue weighted by atomic mass is 9.82. The SMILES string of the molecule is CCC(OC)C(=O)NCC(C)(C(=O)O)c1ccccc1. The summed E-state index contributed by atoms with van der Waals surface area (Å²) in [6.45, 7) is 3.45. The average molecular weight is 279 g/mol. The number of hydrogen-bond acceptors (Lipinski definition) is 3. The first-order valence-electron chi connectivity index (χ1n) is 6.55. The minimum absolute atomic E-state index is 0.0189. The highest BCUT2D eigenvalue weighted by atomic mass is 16.5. The molecule has 0 aliphatic carbocycles. The molecular formula is C15H21NO4. The van der Waals surface area contributed by atoms with Crippen LogP contribution in [0.15, 0.2) is 30.3 Å². The molecule has 0 aliphatic heterocycles. The minimum Gasteiger partial charge on any atom is -0.481 e. The van der Waals surface area contributed by atoms with Gasteiger partial charge in [0.1, 0.15) is 11.5 Å². The fourth-order valence-electron chi connectivity index (χ4n) is 1.94. The minimum atomic E-state index is -1.16. The van der Waals surface area contributed by atoms with Crippen molar-refractivity contribution in [1.29, 1.82) is 0 Å². The number of carboxylic acids is 1. The van der Waals surface area contributed by atoms with Crippen molar-refractivity contribution < 1.29 is 19.4 Å². The Balaban J connectivity index is 2.84. The van der Waals surface area contributed by atoms with Crippen molar-refractivity contribution >= 4 is 11.9 Å². The molecule has 5 heteroatoms. The molecule has 110 valence electrons. The second kappa shape index (κ2) is 7.05. The van der Waals surface area contributed by atoms with E-state index in [9.17, 15) is 14.7 Å². The third-order valence-corrected chi connectivity index (χ3v) is 3.45. The van der Waals surface area contributed by atoms with Gasteiger partial charge in [0.05, 0.1) is 0 Å². The van der Waals surface area contributed by atoms with Gasteiger partial charge in [-0.05, 0) is 18.9 Å². The van der Waals surface area contributed by atoms with E-state index in [4.69, 9.17) is 4.74 Å². The second-order valence-corrected chi connectivity index (χ2v) is 4.85. The van der Waals surface area contributed by atoms with E-state index in [0.29, 0.717) is 12.0 Å². The molecule has 2 unspecified atom stereocenters. The van der Waals surface area contributed by atoms with Gasteiger partial charge >= 0.3 is 5.97 Å². The summed E-state index contributed by atoms with van der Waals surface area (Å²) in [4.78, 5) is 23.4. The molecule has 0 spiro atoms. The van der Waals surface area contributed by atoms with Crippen LogP contribution in [0, 0.1) is 0 Å². The van der Waals surface area contributed by atoms with E-state index >= 15 is 0 Å². The van der Waals surface area contributed by atoms with E-state index in [1.165, 1.54) is 7.11 Å². The summed E-state index contributed by atoms with van der Waals surface area (Å²) in [7, 11) is 1.46. The molecule has 0 saturated carbocycles. The predicted molar refractivity (Wildman–Crippen MR) is 75.5 cm³/mol. The number of carboxylic acid groups (broad SMARTS) is 1. The summed E-state index contributed by atoms with van der Waals surface area (Å²) in [6.07, 6.45) is -0.0129. The number of carbonyl (C=O) groups excluding carboxylic acids is 1. The zero-order valence-electron chi connectivity index (χ0n) is 12.1. The summed E-state index contributed by atoms with van der Waals surface area (Å²) in [6, 6.07) is 8.87. The van der Waals surface area contributed by atoms with Crippen molar-refractivity contribution in [3.05, 3.63) is 35.9 Å². The Morgan fingerprint density at radius 2 is 1.95 bits per heavy atom. The van der Waals surface area contributed by atoms with E-state index in [0.717, 1.165) is 0 Å². The Morgan fingerprint density at radius 1 is 1.35 bits per heavy atom. The molecule has 1 aromatic carbocycles. The highest BCUT2D eigenvalue weighted by Crippen LogP contribution is 2.23. The maximum absolute atomic E-state index is 11.9. The number of carbonyl (C=O) groups is 2. The van der Waals surface area contributed by atoms with Crippen LogP contribution < -0.4 is 5.32 Å². The summed E-state index contributed by atoms with van der Waals surface area (Å²) < 4.78 is 5.03. The quantitative estimate of drug-likeness (QED) is 0.794. The maximum atomic E-state index is 11.9. The number of benzene rings is 1. The van der Waals surface area contributed by atoms with Crippen LogP contribution in [0.25, 0.3) is 0 Å². The number of hydrogen-bond donors (Lipinski definition) is 2. The standard InChI is InChI=1S/C15H21NO4/c1-4-12(20-3)13(17)16-10-15(2,14(18)19)11-8-6-5-7-9-11/h5-9,12H,4,10H2,1-3H3,(H,16,17)(H,18,19). The molecule has 0 bridgehead atoms. The largest absolute Gasteiger partial charge is 0.481 e. The lowest BCUT2D eigenvalue weighted by Gasteiger charge is -2.26. The molecule has 0 radical (unpaired) electrons. The van der Waals surface area contributed by atoms with Gasteiger partial charge < -0.3 is 15.2 Å². The molecule has 2 N–H and O–H groups in total. The molecule has 20 heavy (non-hydrogen) atoms. The van der Waals surface area contributed by atoms with Crippen LogP contribution in [-0.4, -0.2) is 36.7 Å². The van der Waals surface area contributed by atoms with Crippen molar-refractivity contribution in [1.82, 2.24) is 5.32 Å². The maximum Gasteiger partial charge on any atom is 0.315 e. The number of rotatable bonds is 7. The van der Waals surface area contributed by atoms with Crippen molar-refractivity contribution in [3.8, 4) is 0 Å².